The van der Waals surface area contributed by atoms with Gasteiger partial charge in [0.25, 0.3) is 0 Å². The molecular weight excluding hydrogens is 360 g/mol. The second-order valence-corrected chi connectivity index (χ2v) is 6.32. The molecule has 0 amide bonds. The average molecular weight is 378 g/mol. The predicted octanol–water partition coefficient (Wildman–Crippen LogP) is 4.77. The third-order valence-corrected chi connectivity index (χ3v) is 4.21. The van der Waals surface area contributed by atoms with Crippen molar-refractivity contribution in [3.05, 3.63) is 96.3 Å². The van der Waals surface area contributed by atoms with Gasteiger partial charge in [0.05, 0.1) is 29.6 Å². The van der Waals surface area contributed by atoms with Crippen molar-refractivity contribution in [2.24, 2.45) is 0 Å². The molecule has 0 atom stereocenters. The van der Waals surface area contributed by atoms with Gasteiger partial charge in [0.1, 0.15) is 5.82 Å². The summed E-state index contributed by atoms with van der Waals surface area (Å²) in [4.78, 5) is 13.6. The number of anilines is 3. The summed E-state index contributed by atoms with van der Waals surface area (Å²) < 4.78 is 0. The zero-order valence-electron chi connectivity index (χ0n) is 15.6. The van der Waals surface area contributed by atoms with Crippen molar-refractivity contribution in [2.45, 2.75) is 6.54 Å². The van der Waals surface area contributed by atoms with E-state index in [0.717, 1.165) is 22.6 Å². The number of aromatic nitrogens is 3. The van der Waals surface area contributed by atoms with Crippen LogP contribution in [0.2, 0.25) is 0 Å². The number of nitrogens with zero attached hydrogens (tertiary/aromatic N) is 4. The van der Waals surface area contributed by atoms with E-state index in [1.54, 1.807) is 18.3 Å². The lowest BCUT2D eigenvalue weighted by Crippen LogP contribution is -2.07. The van der Waals surface area contributed by atoms with Crippen molar-refractivity contribution in [3.8, 4) is 17.3 Å². The van der Waals surface area contributed by atoms with E-state index in [4.69, 9.17) is 5.26 Å². The second-order valence-electron chi connectivity index (χ2n) is 6.32. The standard InChI is InChI=1S/C23H18N6/c24-15-17-7-6-11-19(13-17)27-22-14-21(18-8-2-1-3-9-18)28-23(29-22)26-16-20-10-4-5-12-25-20/h1-14H,16H2,(H2,26,27,28,29). The smallest absolute Gasteiger partial charge is 0.225 e. The van der Waals surface area contributed by atoms with E-state index in [9.17, 15) is 0 Å². The zero-order chi connectivity index (χ0) is 19.9. The fourth-order valence-corrected chi connectivity index (χ4v) is 2.83. The van der Waals surface area contributed by atoms with Crippen LogP contribution in [0.4, 0.5) is 17.5 Å². The summed E-state index contributed by atoms with van der Waals surface area (Å²) in [5, 5.41) is 15.6. The summed E-state index contributed by atoms with van der Waals surface area (Å²) in [6.45, 7) is 0.516. The molecule has 0 aliphatic rings. The molecular formula is C23H18N6. The Hall–Kier alpha value is -4.24. The number of nitriles is 1. The van der Waals surface area contributed by atoms with Gasteiger partial charge in [-0.05, 0) is 30.3 Å². The van der Waals surface area contributed by atoms with Gasteiger partial charge < -0.3 is 10.6 Å². The average Bonchev–Trinajstić information content (AvgIpc) is 2.79. The molecule has 2 heterocycles. The predicted molar refractivity (Wildman–Crippen MR) is 113 cm³/mol. The lowest BCUT2D eigenvalue weighted by atomic mass is 10.1. The number of pyridine rings is 1. The molecule has 6 nitrogen and oxygen atoms in total. The minimum absolute atomic E-state index is 0.496. The van der Waals surface area contributed by atoms with Crippen molar-refractivity contribution >= 4 is 17.5 Å². The van der Waals surface area contributed by atoms with Gasteiger partial charge in [-0.25, -0.2) is 4.98 Å². The molecule has 0 saturated heterocycles. The maximum atomic E-state index is 9.12. The summed E-state index contributed by atoms with van der Waals surface area (Å²) in [7, 11) is 0. The Bertz CT molecular complexity index is 1140. The van der Waals surface area contributed by atoms with E-state index in [1.165, 1.54) is 0 Å². The van der Waals surface area contributed by atoms with Gasteiger partial charge in [0, 0.05) is 23.5 Å². The zero-order valence-corrected chi connectivity index (χ0v) is 15.6. The molecule has 4 rings (SSSR count). The quantitative estimate of drug-likeness (QED) is 0.503. The summed E-state index contributed by atoms with van der Waals surface area (Å²) in [6.07, 6.45) is 1.76. The van der Waals surface area contributed by atoms with Gasteiger partial charge in [-0.3, -0.25) is 4.98 Å². The number of benzene rings is 2. The Morgan fingerprint density at radius 2 is 1.72 bits per heavy atom. The third-order valence-electron chi connectivity index (χ3n) is 4.21. The lowest BCUT2D eigenvalue weighted by molar-refractivity contribution is 1.00. The van der Waals surface area contributed by atoms with E-state index in [2.05, 4.69) is 31.7 Å². The summed E-state index contributed by atoms with van der Waals surface area (Å²) in [6, 6.07) is 27.0. The highest BCUT2D eigenvalue weighted by Gasteiger charge is 2.08. The maximum Gasteiger partial charge on any atom is 0.225 e. The highest BCUT2D eigenvalue weighted by Crippen LogP contribution is 2.24. The molecule has 0 bridgehead atoms. The molecule has 2 N–H and O–H groups in total. The number of hydrogen-bond acceptors (Lipinski definition) is 6. The first-order chi connectivity index (χ1) is 14.3. The van der Waals surface area contributed by atoms with Crippen LogP contribution in [-0.4, -0.2) is 15.0 Å². The molecule has 2 aromatic carbocycles. The fourth-order valence-electron chi connectivity index (χ4n) is 2.83. The van der Waals surface area contributed by atoms with Gasteiger partial charge in [-0.15, -0.1) is 0 Å². The summed E-state index contributed by atoms with van der Waals surface area (Å²) >= 11 is 0. The first-order valence-corrected chi connectivity index (χ1v) is 9.16. The summed E-state index contributed by atoms with van der Waals surface area (Å²) in [5.74, 6) is 1.13. The van der Waals surface area contributed by atoms with Crippen LogP contribution in [0.15, 0.2) is 85.1 Å². The van der Waals surface area contributed by atoms with Crippen LogP contribution in [0.1, 0.15) is 11.3 Å². The van der Waals surface area contributed by atoms with Gasteiger partial charge >= 0.3 is 0 Å². The molecule has 6 heteroatoms. The molecule has 0 fully saturated rings. The van der Waals surface area contributed by atoms with Crippen molar-refractivity contribution in [3.63, 3.8) is 0 Å². The van der Waals surface area contributed by atoms with Crippen LogP contribution in [0.5, 0.6) is 0 Å². The van der Waals surface area contributed by atoms with E-state index in [1.807, 2.05) is 66.7 Å². The van der Waals surface area contributed by atoms with Crippen molar-refractivity contribution < 1.29 is 0 Å². The first-order valence-electron chi connectivity index (χ1n) is 9.16. The Kier molecular flexibility index (Phi) is 5.40. The van der Waals surface area contributed by atoms with Crippen LogP contribution in [0.3, 0.4) is 0 Å². The van der Waals surface area contributed by atoms with Gasteiger partial charge in [-0.1, -0.05) is 42.5 Å². The number of rotatable bonds is 6. The Labute approximate surface area is 168 Å². The molecule has 0 saturated carbocycles. The minimum atomic E-state index is 0.496. The molecule has 2 aromatic heterocycles. The van der Waals surface area contributed by atoms with Gasteiger partial charge in [0.2, 0.25) is 5.95 Å². The van der Waals surface area contributed by atoms with Crippen LogP contribution in [0.25, 0.3) is 11.3 Å². The van der Waals surface area contributed by atoms with E-state index < -0.39 is 0 Å². The number of hydrogen-bond donors (Lipinski definition) is 2. The normalized spacial score (nSPS) is 10.2. The first kappa shape index (κ1) is 18.1. The van der Waals surface area contributed by atoms with Gasteiger partial charge in [0.15, 0.2) is 0 Å². The van der Waals surface area contributed by atoms with Gasteiger partial charge in [-0.2, -0.15) is 10.2 Å². The van der Waals surface area contributed by atoms with Crippen LogP contribution < -0.4 is 10.6 Å². The molecule has 0 aliphatic heterocycles. The SMILES string of the molecule is N#Cc1cccc(Nc2cc(-c3ccccc3)nc(NCc3ccccn3)n2)c1. The molecule has 0 spiro atoms. The monoisotopic (exact) mass is 378 g/mol. The van der Waals surface area contributed by atoms with E-state index in [0.29, 0.717) is 23.9 Å². The van der Waals surface area contributed by atoms with Crippen molar-refractivity contribution in [1.29, 1.82) is 5.26 Å². The van der Waals surface area contributed by atoms with Crippen LogP contribution >= 0.6 is 0 Å². The largest absolute Gasteiger partial charge is 0.348 e. The third kappa shape index (κ3) is 4.73. The highest BCUT2D eigenvalue weighted by atomic mass is 15.1. The molecule has 0 aliphatic carbocycles. The van der Waals surface area contributed by atoms with Crippen LogP contribution in [0, 0.1) is 11.3 Å². The minimum Gasteiger partial charge on any atom is -0.348 e. The van der Waals surface area contributed by atoms with Crippen molar-refractivity contribution in [1.82, 2.24) is 15.0 Å². The Balaban J connectivity index is 1.65. The lowest BCUT2D eigenvalue weighted by Gasteiger charge is -2.11. The Morgan fingerprint density at radius 1 is 0.862 bits per heavy atom. The second kappa shape index (κ2) is 8.63. The van der Waals surface area contributed by atoms with Crippen molar-refractivity contribution in [2.75, 3.05) is 10.6 Å². The Morgan fingerprint density at radius 3 is 2.52 bits per heavy atom. The van der Waals surface area contributed by atoms with Crippen LogP contribution in [-0.2, 0) is 6.54 Å². The molecule has 0 unspecified atom stereocenters. The molecule has 0 radical (unpaired) electrons. The summed E-state index contributed by atoms with van der Waals surface area (Å²) in [5.41, 5.74) is 4.06. The topological polar surface area (TPSA) is 86.5 Å². The molecule has 140 valence electrons. The fraction of sp³-hybridized carbons (Fsp3) is 0.0435. The molecule has 4 aromatic rings. The molecule has 29 heavy (non-hydrogen) atoms. The maximum absolute atomic E-state index is 9.12. The van der Waals surface area contributed by atoms with E-state index in [-0.39, 0.29) is 0 Å². The number of nitrogens with one attached hydrogen (secondary N) is 2. The van der Waals surface area contributed by atoms with E-state index >= 15 is 0 Å². The highest BCUT2D eigenvalue weighted by molar-refractivity contribution is 5.67.